The van der Waals surface area contributed by atoms with Crippen molar-refractivity contribution < 1.29 is 28.7 Å². The monoisotopic (exact) mass is 671 g/mol. The Morgan fingerprint density at radius 3 is 1.68 bits per heavy atom. The van der Waals surface area contributed by atoms with Gasteiger partial charge >= 0.3 is 5.71 Å². The van der Waals surface area contributed by atoms with Gasteiger partial charge in [0, 0.05) is 98.1 Å². The number of fused-ring (bicyclic) bond motifs is 6. The average molecular weight is 672 g/mol. The zero-order valence-corrected chi connectivity index (χ0v) is 27.6. The summed E-state index contributed by atoms with van der Waals surface area (Å²) in [5, 5.41) is 0. The van der Waals surface area contributed by atoms with Crippen molar-refractivity contribution in [3.63, 3.8) is 0 Å². The minimum atomic E-state index is -1.39. The molecule has 5 heterocycles. The maximum Gasteiger partial charge on any atom is 0.358 e. The van der Waals surface area contributed by atoms with E-state index in [1.165, 1.54) is 6.07 Å². The summed E-state index contributed by atoms with van der Waals surface area (Å²) in [6.45, 7) is 5.68. The van der Waals surface area contributed by atoms with Crippen LogP contribution in [0, 0.1) is 11.8 Å². The van der Waals surface area contributed by atoms with Crippen LogP contribution in [0.3, 0.4) is 0 Å². The number of nitrogens with zero attached hydrogens (tertiary/aromatic N) is 6. The summed E-state index contributed by atoms with van der Waals surface area (Å²) < 4.78 is 6.67. The Balaban J connectivity index is 1.11. The van der Waals surface area contributed by atoms with Crippen molar-refractivity contribution in [3.8, 4) is 11.5 Å². The van der Waals surface area contributed by atoms with Crippen LogP contribution in [0.4, 0.5) is 11.4 Å². The lowest BCUT2D eigenvalue weighted by molar-refractivity contribution is -0.136. The number of carbonyl (C=O) groups is 4. The minimum Gasteiger partial charge on any atom is -0.457 e. The first kappa shape index (κ1) is 30.6. The molecule has 9 rings (SSSR count). The van der Waals surface area contributed by atoms with Crippen LogP contribution >= 0.6 is 0 Å². The number of likely N-dealkylation sites (tertiary alicyclic amines) is 2. The van der Waals surface area contributed by atoms with Crippen molar-refractivity contribution in [1.29, 1.82) is 0 Å². The van der Waals surface area contributed by atoms with E-state index in [1.807, 2.05) is 46.2 Å². The smallest absolute Gasteiger partial charge is 0.358 e. The lowest BCUT2D eigenvalue weighted by atomic mass is 9.67. The molecule has 5 aliphatic heterocycles. The lowest BCUT2D eigenvalue weighted by Crippen LogP contribution is -2.54. The molecule has 0 atom stereocenters. The first-order chi connectivity index (χ1) is 24.3. The van der Waals surface area contributed by atoms with Crippen molar-refractivity contribution in [2.75, 3.05) is 62.2 Å². The molecule has 4 fully saturated rings. The molecular weight excluding hydrogens is 634 g/mol. The fourth-order valence-corrected chi connectivity index (χ4v) is 8.85. The third-order valence-corrected chi connectivity index (χ3v) is 11.6. The average Bonchev–Trinajstić information content (AvgIpc) is 3.85. The molecule has 0 aromatic heterocycles. The molecule has 3 aromatic rings. The van der Waals surface area contributed by atoms with Crippen molar-refractivity contribution in [3.05, 3.63) is 87.9 Å². The molecule has 0 saturated carbocycles. The molecule has 1 spiro atoms. The van der Waals surface area contributed by atoms with Gasteiger partial charge in [-0.1, -0.05) is 12.1 Å². The van der Waals surface area contributed by atoms with E-state index in [-0.39, 0.29) is 34.9 Å². The second-order valence-corrected chi connectivity index (χ2v) is 14.4. The molecule has 3 amide bonds. The molecule has 2 N–H and O–H groups in total. The van der Waals surface area contributed by atoms with Gasteiger partial charge in [-0.3, -0.25) is 19.2 Å². The summed E-state index contributed by atoms with van der Waals surface area (Å²) in [6.07, 6.45) is 4.21. The third kappa shape index (κ3) is 4.37. The normalized spacial score (nSPS) is 20.6. The predicted octanol–water partition coefficient (Wildman–Crippen LogP) is 3.21. The zero-order chi connectivity index (χ0) is 34.3. The lowest BCUT2D eigenvalue weighted by Gasteiger charge is -2.43. The van der Waals surface area contributed by atoms with Crippen LogP contribution in [-0.2, 0) is 15.0 Å². The van der Waals surface area contributed by atoms with Crippen LogP contribution in [0.25, 0.3) is 5.53 Å². The summed E-state index contributed by atoms with van der Waals surface area (Å²) in [7, 11) is 0. The SMILES string of the molecule is [N-]=[N+]=C1C(=O)c2ccc(C(N)=O)cc2C12c1ccc(N3CC(C(=O)N4CCCC4)C3)cc1Oc1cc(N3CC(C(=O)N4CCCC4)C3)ccc12. The van der Waals surface area contributed by atoms with Crippen LogP contribution in [0.5, 0.6) is 11.5 Å². The van der Waals surface area contributed by atoms with Crippen molar-refractivity contribution in [2.45, 2.75) is 31.1 Å². The highest BCUT2D eigenvalue weighted by Gasteiger charge is 2.62. The van der Waals surface area contributed by atoms with Gasteiger partial charge in [-0.25, -0.2) is 0 Å². The van der Waals surface area contributed by atoms with Crippen molar-refractivity contribution in [2.24, 2.45) is 17.6 Å². The van der Waals surface area contributed by atoms with Crippen LogP contribution in [-0.4, -0.2) is 96.2 Å². The van der Waals surface area contributed by atoms with Gasteiger partial charge in [-0.2, -0.15) is 4.79 Å². The Labute approximate surface area is 289 Å². The van der Waals surface area contributed by atoms with Crippen LogP contribution in [0.1, 0.15) is 63.1 Å². The first-order valence-electron chi connectivity index (χ1n) is 17.5. The van der Waals surface area contributed by atoms with Gasteiger partial charge < -0.3 is 35.6 Å². The number of rotatable bonds is 5. The Morgan fingerprint density at radius 1 is 0.720 bits per heavy atom. The maximum atomic E-state index is 13.9. The number of anilines is 2. The fraction of sp³-hybridized carbons (Fsp3) is 0.395. The highest BCUT2D eigenvalue weighted by molar-refractivity contribution is 6.52. The molecule has 6 aliphatic rings. The third-order valence-electron chi connectivity index (χ3n) is 11.6. The van der Waals surface area contributed by atoms with E-state index in [0.717, 1.165) is 63.2 Å². The number of hydrogen-bond acceptors (Lipinski definition) is 7. The first-order valence-corrected chi connectivity index (χ1v) is 17.5. The number of hydrogen-bond donors (Lipinski definition) is 1. The number of nitrogens with two attached hydrogens (primary N) is 1. The molecule has 0 radical (unpaired) electrons. The molecule has 3 aromatic carbocycles. The Hall–Kier alpha value is -5.48. The minimum absolute atomic E-state index is 0.0583. The summed E-state index contributed by atoms with van der Waals surface area (Å²) in [5.41, 5.74) is 18.7. The van der Waals surface area contributed by atoms with Crippen LogP contribution < -0.4 is 20.3 Å². The Bertz CT molecular complexity index is 1950. The second kappa shape index (κ2) is 11.3. The van der Waals surface area contributed by atoms with Crippen molar-refractivity contribution >= 4 is 40.6 Å². The van der Waals surface area contributed by atoms with E-state index in [1.54, 1.807) is 12.1 Å². The van der Waals surface area contributed by atoms with Gasteiger partial charge in [-0.15, -0.1) is 0 Å². The number of primary amides is 1. The van der Waals surface area contributed by atoms with Gasteiger partial charge in [0.2, 0.25) is 17.7 Å². The Kier molecular flexibility index (Phi) is 6.90. The molecular formula is C38H37N7O5. The van der Waals surface area contributed by atoms with Gasteiger partial charge in [0.15, 0.2) is 5.41 Å². The second-order valence-electron chi connectivity index (χ2n) is 14.4. The van der Waals surface area contributed by atoms with E-state index in [9.17, 15) is 24.7 Å². The number of ketones is 1. The number of Topliss-reactive ketones (excluding diaryl/α,β-unsaturated/α-hetero) is 1. The van der Waals surface area contributed by atoms with E-state index in [0.29, 0.717) is 59.9 Å². The summed E-state index contributed by atoms with van der Waals surface area (Å²) in [6, 6.07) is 16.1. The quantitative estimate of drug-likeness (QED) is 0.323. The predicted molar refractivity (Wildman–Crippen MR) is 184 cm³/mol. The van der Waals surface area contributed by atoms with Crippen LogP contribution in [0.2, 0.25) is 0 Å². The molecule has 1 aliphatic carbocycles. The molecule has 254 valence electrons. The summed E-state index contributed by atoms with van der Waals surface area (Å²) in [5.74, 6) is 0.140. The van der Waals surface area contributed by atoms with E-state index >= 15 is 0 Å². The molecule has 50 heavy (non-hydrogen) atoms. The number of amides is 3. The molecule has 12 nitrogen and oxygen atoms in total. The zero-order valence-electron chi connectivity index (χ0n) is 27.6. The summed E-state index contributed by atoms with van der Waals surface area (Å²) in [4.78, 5) is 64.2. The molecule has 4 saturated heterocycles. The van der Waals surface area contributed by atoms with Gasteiger partial charge in [0.1, 0.15) is 11.5 Å². The van der Waals surface area contributed by atoms with Gasteiger partial charge in [0.05, 0.1) is 11.8 Å². The molecule has 0 bridgehead atoms. The number of carbonyl (C=O) groups excluding carboxylic acids is 4. The van der Waals surface area contributed by atoms with Gasteiger partial charge in [-0.05, 0) is 61.6 Å². The van der Waals surface area contributed by atoms with E-state index in [2.05, 4.69) is 14.6 Å². The number of ether oxygens (including phenoxy) is 1. The largest absolute Gasteiger partial charge is 0.457 e. The molecule has 0 unspecified atom stereocenters. The maximum absolute atomic E-state index is 13.9. The van der Waals surface area contributed by atoms with E-state index in [4.69, 9.17) is 10.5 Å². The van der Waals surface area contributed by atoms with Crippen molar-refractivity contribution in [1.82, 2.24) is 9.80 Å². The highest BCUT2D eigenvalue weighted by Crippen LogP contribution is 2.57. The van der Waals surface area contributed by atoms with Gasteiger partial charge in [0.25, 0.3) is 5.78 Å². The molecule has 12 heteroatoms. The standard InChI is InChI=1S/C38H37N7O5/c39-35(47)22-5-8-27-30(15-22)38(34(41-40)33(27)46)28-9-6-25(44-18-23(19-44)36(48)42-11-1-2-12-42)16-31(28)50-32-17-26(7-10-29(32)38)45-20-24(21-45)37(49)43-13-3-4-14-43/h5-10,15-17,23-24H,1-4,11-14,18-21H2,(H2,39,47). The highest BCUT2D eigenvalue weighted by atomic mass is 16.5. The number of benzene rings is 3. The van der Waals surface area contributed by atoms with Crippen LogP contribution in [0.15, 0.2) is 54.6 Å². The van der Waals surface area contributed by atoms with E-state index < -0.39 is 17.1 Å². The topological polar surface area (TPSA) is 153 Å². The summed E-state index contributed by atoms with van der Waals surface area (Å²) >= 11 is 0. The fourth-order valence-electron chi connectivity index (χ4n) is 8.85. The Morgan fingerprint density at radius 2 is 1.22 bits per heavy atom.